The molecule has 0 amide bonds. The third-order valence-corrected chi connectivity index (χ3v) is 3.09. The third kappa shape index (κ3) is 4.14. The van der Waals surface area contributed by atoms with Crippen molar-refractivity contribution < 1.29 is 8.78 Å². The maximum absolute atomic E-state index is 13.0. The highest BCUT2D eigenvalue weighted by Gasteiger charge is 2.04. The molecule has 0 bridgehead atoms. The second-order valence-corrected chi connectivity index (χ2v) is 4.61. The van der Waals surface area contributed by atoms with Gasteiger partial charge in [-0.1, -0.05) is 30.3 Å². The molecule has 2 aromatic rings. The number of benzene rings is 2. The molecule has 0 aromatic heterocycles. The van der Waals surface area contributed by atoms with E-state index in [2.05, 4.69) is 24.4 Å². The second kappa shape index (κ2) is 6.43. The Bertz CT molecular complexity index is 505. The zero-order valence-electron chi connectivity index (χ0n) is 10.9. The number of rotatable bonds is 5. The Morgan fingerprint density at radius 2 is 1.63 bits per heavy atom. The largest absolute Gasteiger partial charge is 0.310 e. The Morgan fingerprint density at radius 3 is 2.26 bits per heavy atom. The van der Waals surface area contributed by atoms with E-state index in [1.807, 2.05) is 18.2 Å². The van der Waals surface area contributed by atoms with Gasteiger partial charge in [0.15, 0.2) is 0 Å². The Hall–Kier alpha value is -1.74. The van der Waals surface area contributed by atoms with E-state index >= 15 is 0 Å². The summed E-state index contributed by atoms with van der Waals surface area (Å²) in [6.45, 7) is 2.75. The normalized spacial score (nSPS) is 12.4. The third-order valence-electron chi connectivity index (χ3n) is 3.09. The van der Waals surface area contributed by atoms with Crippen LogP contribution in [0.15, 0.2) is 48.5 Å². The molecule has 1 N–H and O–H groups in total. The van der Waals surface area contributed by atoms with Crippen LogP contribution < -0.4 is 5.32 Å². The minimum absolute atomic E-state index is 0.222. The fourth-order valence-corrected chi connectivity index (χ4v) is 2.05. The first-order valence-corrected chi connectivity index (χ1v) is 6.38. The van der Waals surface area contributed by atoms with Gasteiger partial charge in [-0.3, -0.25) is 0 Å². The Balaban J connectivity index is 1.86. The molecule has 0 heterocycles. The summed E-state index contributed by atoms with van der Waals surface area (Å²) in [5.74, 6) is -1.04. The van der Waals surface area contributed by atoms with E-state index in [9.17, 15) is 8.78 Å². The van der Waals surface area contributed by atoms with E-state index in [1.54, 1.807) is 0 Å². The van der Waals surface area contributed by atoms with Crippen LogP contribution in [-0.2, 0) is 6.42 Å². The molecule has 0 saturated carbocycles. The maximum atomic E-state index is 13.0. The van der Waals surface area contributed by atoms with Gasteiger partial charge in [0.05, 0.1) is 0 Å². The van der Waals surface area contributed by atoms with Crippen LogP contribution in [0.1, 0.15) is 24.1 Å². The summed E-state index contributed by atoms with van der Waals surface area (Å²) in [6, 6.07) is 13.9. The summed E-state index contributed by atoms with van der Waals surface area (Å²) in [5.41, 5.74) is 1.87. The number of hydrogen-bond donors (Lipinski definition) is 1. The smallest absolute Gasteiger partial charge is 0.126 e. The first-order valence-electron chi connectivity index (χ1n) is 6.38. The van der Waals surface area contributed by atoms with Gasteiger partial charge >= 0.3 is 0 Å². The fraction of sp³-hybridized carbons (Fsp3) is 0.250. The number of halogens is 2. The van der Waals surface area contributed by atoms with Gasteiger partial charge in [0, 0.05) is 12.1 Å². The Kier molecular flexibility index (Phi) is 4.63. The summed E-state index contributed by atoms with van der Waals surface area (Å²) >= 11 is 0. The first-order chi connectivity index (χ1) is 9.15. The molecule has 0 aliphatic carbocycles. The van der Waals surface area contributed by atoms with Gasteiger partial charge in [-0.15, -0.1) is 0 Å². The lowest BCUT2D eigenvalue weighted by atomic mass is 10.1. The Morgan fingerprint density at radius 1 is 1.00 bits per heavy atom. The van der Waals surface area contributed by atoms with Gasteiger partial charge in [0.1, 0.15) is 11.6 Å². The standard InChI is InChI=1S/C16H17F2N/c1-12(14-5-3-2-4-6-14)19-8-7-13-9-15(17)11-16(18)10-13/h2-6,9-12,19H,7-8H2,1H3. The molecular weight excluding hydrogens is 244 g/mol. The van der Waals surface area contributed by atoms with Crippen molar-refractivity contribution >= 4 is 0 Å². The molecule has 0 aliphatic rings. The lowest BCUT2D eigenvalue weighted by Crippen LogP contribution is -2.21. The molecule has 1 atom stereocenters. The van der Waals surface area contributed by atoms with Crippen LogP contribution in [0.2, 0.25) is 0 Å². The van der Waals surface area contributed by atoms with Crippen molar-refractivity contribution in [2.75, 3.05) is 6.54 Å². The molecule has 0 aliphatic heterocycles. The zero-order valence-corrected chi connectivity index (χ0v) is 10.9. The van der Waals surface area contributed by atoms with Crippen LogP contribution in [0.3, 0.4) is 0 Å². The second-order valence-electron chi connectivity index (χ2n) is 4.61. The summed E-state index contributed by atoms with van der Waals surface area (Å²) in [6.07, 6.45) is 0.603. The van der Waals surface area contributed by atoms with Crippen molar-refractivity contribution in [3.05, 3.63) is 71.3 Å². The van der Waals surface area contributed by atoms with E-state index in [-0.39, 0.29) is 6.04 Å². The van der Waals surface area contributed by atoms with Crippen molar-refractivity contribution in [3.8, 4) is 0 Å². The minimum Gasteiger partial charge on any atom is -0.310 e. The average Bonchev–Trinajstić information content (AvgIpc) is 2.38. The van der Waals surface area contributed by atoms with E-state index in [1.165, 1.54) is 17.7 Å². The van der Waals surface area contributed by atoms with Gasteiger partial charge in [-0.2, -0.15) is 0 Å². The molecular formula is C16H17F2N. The van der Waals surface area contributed by atoms with E-state index < -0.39 is 11.6 Å². The molecule has 19 heavy (non-hydrogen) atoms. The molecule has 0 spiro atoms. The van der Waals surface area contributed by atoms with Crippen molar-refractivity contribution in [3.63, 3.8) is 0 Å². The molecule has 2 aromatic carbocycles. The summed E-state index contributed by atoms with van der Waals surface area (Å²) in [7, 11) is 0. The predicted octanol–water partition coefficient (Wildman–Crippen LogP) is 3.86. The van der Waals surface area contributed by atoms with Crippen molar-refractivity contribution in [1.29, 1.82) is 0 Å². The summed E-state index contributed by atoms with van der Waals surface area (Å²) < 4.78 is 26.0. The molecule has 0 saturated heterocycles. The topological polar surface area (TPSA) is 12.0 Å². The van der Waals surface area contributed by atoms with Crippen LogP contribution in [0.4, 0.5) is 8.78 Å². The van der Waals surface area contributed by atoms with E-state index in [0.29, 0.717) is 18.5 Å². The first kappa shape index (κ1) is 13.7. The average molecular weight is 261 g/mol. The molecule has 3 heteroatoms. The minimum atomic E-state index is -0.522. The zero-order chi connectivity index (χ0) is 13.7. The summed E-state index contributed by atoms with van der Waals surface area (Å²) in [4.78, 5) is 0. The van der Waals surface area contributed by atoms with Gasteiger partial charge < -0.3 is 5.32 Å². The van der Waals surface area contributed by atoms with Gasteiger partial charge in [-0.25, -0.2) is 8.78 Å². The molecule has 0 fully saturated rings. The highest BCUT2D eigenvalue weighted by atomic mass is 19.1. The van der Waals surface area contributed by atoms with Crippen molar-refractivity contribution in [1.82, 2.24) is 5.32 Å². The van der Waals surface area contributed by atoms with Gasteiger partial charge in [0.2, 0.25) is 0 Å². The lowest BCUT2D eigenvalue weighted by Gasteiger charge is -2.14. The molecule has 100 valence electrons. The summed E-state index contributed by atoms with van der Waals surface area (Å²) in [5, 5.41) is 3.34. The SMILES string of the molecule is CC(NCCc1cc(F)cc(F)c1)c1ccccc1. The Labute approximate surface area is 112 Å². The van der Waals surface area contributed by atoms with Crippen LogP contribution in [0.25, 0.3) is 0 Å². The highest BCUT2D eigenvalue weighted by molar-refractivity contribution is 5.19. The van der Waals surface area contributed by atoms with Crippen molar-refractivity contribution in [2.24, 2.45) is 0 Å². The van der Waals surface area contributed by atoms with Crippen molar-refractivity contribution in [2.45, 2.75) is 19.4 Å². The van der Waals surface area contributed by atoms with E-state index in [4.69, 9.17) is 0 Å². The van der Waals surface area contributed by atoms with Crippen LogP contribution in [-0.4, -0.2) is 6.54 Å². The fourth-order valence-electron chi connectivity index (χ4n) is 2.05. The number of nitrogens with one attached hydrogen (secondary N) is 1. The van der Waals surface area contributed by atoms with Crippen LogP contribution >= 0.6 is 0 Å². The van der Waals surface area contributed by atoms with Crippen LogP contribution in [0.5, 0.6) is 0 Å². The van der Waals surface area contributed by atoms with Gasteiger partial charge in [-0.05, 0) is 43.1 Å². The number of hydrogen-bond acceptors (Lipinski definition) is 1. The quantitative estimate of drug-likeness (QED) is 0.861. The molecule has 1 unspecified atom stereocenters. The lowest BCUT2D eigenvalue weighted by molar-refractivity contribution is 0.563. The molecule has 0 radical (unpaired) electrons. The predicted molar refractivity (Wildman–Crippen MR) is 72.9 cm³/mol. The highest BCUT2D eigenvalue weighted by Crippen LogP contribution is 2.12. The molecule has 1 nitrogen and oxygen atoms in total. The van der Waals surface area contributed by atoms with E-state index in [0.717, 1.165) is 6.07 Å². The molecule has 2 rings (SSSR count). The monoisotopic (exact) mass is 261 g/mol. The van der Waals surface area contributed by atoms with Crippen LogP contribution in [0, 0.1) is 11.6 Å². The van der Waals surface area contributed by atoms with Gasteiger partial charge in [0.25, 0.3) is 0 Å². The maximum Gasteiger partial charge on any atom is 0.126 e.